The SMILES string of the molecule is CC(O)C(=O)O[C@]1(O)[C@@H](O)[C@H](O)[C@@H](CO)OC1(O)P(=O)=O. The number of aliphatic hydroxyl groups excluding tert-OH is 4. The molecule has 0 spiro atoms. The van der Waals surface area contributed by atoms with Crippen LogP contribution in [0.3, 0.4) is 0 Å². The quantitative estimate of drug-likeness (QED) is 0.170. The topological polar surface area (TPSA) is 191 Å². The number of aliphatic hydroxyl groups is 6. The van der Waals surface area contributed by atoms with Crippen molar-refractivity contribution in [2.75, 3.05) is 6.61 Å². The van der Waals surface area contributed by atoms with E-state index >= 15 is 0 Å². The summed E-state index contributed by atoms with van der Waals surface area (Å²) in [5, 5.41) is 57.1. The van der Waals surface area contributed by atoms with Crippen molar-refractivity contribution in [2.45, 2.75) is 42.7 Å². The van der Waals surface area contributed by atoms with Crippen LogP contribution >= 0.6 is 7.68 Å². The lowest BCUT2D eigenvalue weighted by Crippen LogP contribution is -2.73. The maximum Gasteiger partial charge on any atom is 0.384 e. The molecule has 0 aromatic carbocycles. The highest BCUT2D eigenvalue weighted by Gasteiger charge is 2.70. The number of carbonyl (C=O) groups excluding carboxylic acids is 1. The normalized spacial score (nSPS) is 41.4. The minimum atomic E-state index is -4.07. The van der Waals surface area contributed by atoms with E-state index in [2.05, 4.69) is 9.47 Å². The van der Waals surface area contributed by atoms with Gasteiger partial charge in [-0.2, -0.15) is 0 Å². The second-order valence-electron chi connectivity index (χ2n) is 4.43. The van der Waals surface area contributed by atoms with Gasteiger partial charge in [0, 0.05) is 0 Å². The summed E-state index contributed by atoms with van der Waals surface area (Å²) >= 11 is 0. The number of hydrogen-bond acceptors (Lipinski definition) is 11. The van der Waals surface area contributed by atoms with E-state index in [4.69, 9.17) is 10.2 Å². The van der Waals surface area contributed by atoms with E-state index in [1.807, 2.05) is 0 Å². The molecule has 6 N–H and O–H groups in total. The van der Waals surface area contributed by atoms with E-state index in [0.717, 1.165) is 6.92 Å². The minimum absolute atomic E-state index is 0.908. The van der Waals surface area contributed by atoms with Crippen molar-refractivity contribution in [3.63, 3.8) is 0 Å². The average molecular weight is 330 g/mol. The van der Waals surface area contributed by atoms with Crippen LogP contribution in [0.25, 0.3) is 0 Å². The first-order valence-corrected chi connectivity index (χ1v) is 6.84. The Hall–Kier alpha value is -0.910. The smallest absolute Gasteiger partial charge is 0.384 e. The molecule has 0 bridgehead atoms. The first-order valence-electron chi connectivity index (χ1n) is 5.66. The van der Waals surface area contributed by atoms with Gasteiger partial charge in [0.25, 0.3) is 0 Å². The molecule has 1 aliphatic heterocycles. The Balaban J connectivity index is 3.31. The molecule has 1 saturated heterocycles. The third-order valence-electron chi connectivity index (χ3n) is 2.91. The van der Waals surface area contributed by atoms with Crippen molar-refractivity contribution in [1.29, 1.82) is 0 Å². The van der Waals surface area contributed by atoms with Gasteiger partial charge in [0.2, 0.25) is 0 Å². The first kappa shape index (κ1) is 18.1. The van der Waals surface area contributed by atoms with Gasteiger partial charge < -0.3 is 40.1 Å². The Labute approximate surface area is 118 Å². The molecule has 2 unspecified atom stereocenters. The minimum Gasteiger partial charge on any atom is -0.421 e. The predicted octanol–water partition coefficient (Wildman–Crippen LogP) is -3.47. The van der Waals surface area contributed by atoms with Gasteiger partial charge in [0.05, 0.1) is 6.61 Å². The number of ether oxygens (including phenoxy) is 2. The van der Waals surface area contributed by atoms with Gasteiger partial charge in [-0.15, -0.1) is 0 Å². The second-order valence-corrected chi connectivity index (χ2v) is 5.55. The number of hydrogen-bond donors (Lipinski definition) is 6. The zero-order chi connectivity index (χ0) is 16.6. The fraction of sp³-hybridized carbons (Fsp3) is 0.889. The Morgan fingerprint density at radius 2 is 1.90 bits per heavy atom. The maximum absolute atomic E-state index is 11.3. The van der Waals surface area contributed by atoms with Crippen molar-refractivity contribution in [2.24, 2.45) is 0 Å². The summed E-state index contributed by atoms with van der Waals surface area (Å²) in [6.07, 6.45) is -8.23. The maximum atomic E-state index is 11.3. The summed E-state index contributed by atoms with van der Waals surface area (Å²) in [5.74, 6) is -5.20. The van der Waals surface area contributed by atoms with Crippen molar-refractivity contribution < 1.29 is 54.0 Å². The highest BCUT2D eigenvalue weighted by atomic mass is 31.1. The molecule has 0 aromatic rings. The molecule has 1 heterocycles. The monoisotopic (exact) mass is 330 g/mol. The molecule has 12 heteroatoms. The zero-order valence-corrected chi connectivity index (χ0v) is 11.6. The van der Waals surface area contributed by atoms with Gasteiger partial charge in [0.15, 0.2) is 6.10 Å². The largest absolute Gasteiger partial charge is 0.421 e. The van der Waals surface area contributed by atoms with Gasteiger partial charge in [-0.1, -0.05) is 0 Å². The molecule has 1 aliphatic rings. The molecule has 6 atom stereocenters. The summed E-state index contributed by atoms with van der Waals surface area (Å²) in [6.45, 7) is -0.102. The third-order valence-corrected chi connectivity index (χ3v) is 3.83. The Bertz CT molecular complexity index is 468. The van der Waals surface area contributed by atoms with Crippen LogP contribution in [0, 0.1) is 0 Å². The van der Waals surface area contributed by atoms with Gasteiger partial charge in [0.1, 0.15) is 18.3 Å². The average Bonchev–Trinajstić information content (AvgIpc) is 2.40. The molecule has 0 radical (unpaired) electrons. The molecular weight excluding hydrogens is 315 g/mol. The molecule has 0 amide bonds. The van der Waals surface area contributed by atoms with Gasteiger partial charge in [-0.05, 0) is 6.92 Å². The summed E-state index contributed by atoms with van der Waals surface area (Å²) in [7, 11) is -4.07. The van der Waals surface area contributed by atoms with Crippen LogP contribution in [0.2, 0.25) is 0 Å². The molecular formula is C9H15O11P. The first-order chi connectivity index (χ1) is 9.51. The zero-order valence-electron chi connectivity index (χ0n) is 10.7. The Morgan fingerprint density at radius 3 is 2.29 bits per heavy atom. The van der Waals surface area contributed by atoms with Crippen molar-refractivity contribution >= 4 is 13.6 Å². The van der Waals surface area contributed by atoms with Crippen LogP contribution < -0.4 is 0 Å². The Morgan fingerprint density at radius 1 is 1.38 bits per heavy atom. The van der Waals surface area contributed by atoms with Gasteiger partial charge in [-0.3, -0.25) is 0 Å². The van der Waals surface area contributed by atoms with Crippen LogP contribution in [0.5, 0.6) is 0 Å². The van der Waals surface area contributed by atoms with Crippen molar-refractivity contribution in [3.8, 4) is 0 Å². The van der Waals surface area contributed by atoms with Crippen LogP contribution in [-0.2, 0) is 23.4 Å². The standard InChI is InChI=1S/C9H15O11P/c1-3(11)7(14)20-8(15)6(13)5(12)4(2-10)19-9(8,16)21(17)18/h3-6,10-13,15-16H,2H2,1H3/t3?,4-,5-,6+,8-,9?/m1/s1. The lowest BCUT2D eigenvalue weighted by Gasteiger charge is -2.47. The fourth-order valence-electron chi connectivity index (χ4n) is 1.68. The van der Waals surface area contributed by atoms with Crippen LogP contribution in [0.15, 0.2) is 0 Å². The molecule has 1 fully saturated rings. The van der Waals surface area contributed by atoms with E-state index in [1.54, 1.807) is 0 Å². The molecule has 11 nitrogen and oxygen atoms in total. The predicted molar refractivity (Wildman–Crippen MR) is 59.9 cm³/mol. The van der Waals surface area contributed by atoms with E-state index in [-0.39, 0.29) is 0 Å². The van der Waals surface area contributed by atoms with Gasteiger partial charge >= 0.3 is 25.0 Å². The van der Waals surface area contributed by atoms with Crippen molar-refractivity contribution in [1.82, 2.24) is 0 Å². The lowest BCUT2D eigenvalue weighted by molar-refractivity contribution is -0.416. The van der Waals surface area contributed by atoms with Crippen molar-refractivity contribution in [3.05, 3.63) is 0 Å². The highest BCUT2D eigenvalue weighted by molar-refractivity contribution is 7.32. The number of esters is 1. The lowest BCUT2D eigenvalue weighted by atomic mass is 9.95. The number of carbonyl (C=O) groups is 1. The van der Waals surface area contributed by atoms with Crippen LogP contribution in [-0.4, -0.2) is 78.9 Å². The summed E-state index contributed by atoms with van der Waals surface area (Å²) in [6, 6.07) is 0. The van der Waals surface area contributed by atoms with E-state index in [1.165, 1.54) is 0 Å². The fourth-order valence-corrected chi connectivity index (χ4v) is 2.34. The van der Waals surface area contributed by atoms with E-state index in [0.29, 0.717) is 0 Å². The molecule has 0 saturated carbocycles. The molecule has 1 rings (SSSR count). The third kappa shape index (κ3) is 2.87. The van der Waals surface area contributed by atoms with E-state index in [9.17, 15) is 34.4 Å². The number of rotatable bonds is 4. The molecule has 0 aliphatic carbocycles. The highest BCUT2D eigenvalue weighted by Crippen LogP contribution is 2.46. The summed E-state index contributed by atoms with van der Waals surface area (Å²) in [5.41, 5.74) is -3.64. The van der Waals surface area contributed by atoms with Crippen LogP contribution in [0.1, 0.15) is 6.92 Å². The van der Waals surface area contributed by atoms with Crippen LogP contribution in [0.4, 0.5) is 0 Å². The Kier molecular flexibility index (Phi) is 5.24. The molecule has 122 valence electrons. The van der Waals surface area contributed by atoms with E-state index < -0.39 is 56.0 Å². The summed E-state index contributed by atoms with van der Waals surface area (Å²) in [4.78, 5) is 11.3. The summed E-state index contributed by atoms with van der Waals surface area (Å²) < 4.78 is 30.9. The molecule has 21 heavy (non-hydrogen) atoms. The second kappa shape index (κ2) is 6.07. The van der Waals surface area contributed by atoms with Gasteiger partial charge in [-0.25, -0.2) is 13.9 Å². The molecule has 0 aromatic heterocycles.